The van der Waals surface area contributed by atoms with Gasteiger partial charge in [-0.1, -0.05) is 25.1 Å². The van der Waals surface area contributed by atoms with Gasteiger partial charge in [0.15, 0.2) is 0 Å². The maximum absolute atomic E-state index is 5.71. The zero-order valence-corrected chi connectivity index (χ0v) is 15.0. The van der Waals surface area contributed by atoms with Crippen molar-refractivity contribution in [1.29, 1.82) is 0 Å². The first-order chi connectivity index (χ1) is 13.3. The van der Waals surface area contributed by atoms with Crippen LogP contribution < -0.4 is 4.74 Å². The first-order valence-electron chi connectivity index (χ1n) is 9.09. The Labute approximate surface area is 157 Å². The van der Waals surface area contributed by atoms with Crippen molar-refractivity contribution in [3.63, 3.8) is 0 Å². The largest absolute Gasteiger partial charge is 0.494 e. The summed E-state index contributed by atoms with van der Waals surface area (Å²) in [6.07, 6.45) is 4.54. The Morgan fingerprint density at radius 2 is 1.81 bits per heavy atom. The fourth-order valence-corrected chi connectivity index (χ4v) is 3.44. The summed E-state index contributed by atoms with van der Waals surface area (Å²) in [6.45, 7) is 2.82. The van der Waals surface area contributed by atoms with E-state index in [1.807, 2.05) is 41.0 Å². The van der Waals surface area contributed by atoms with Gasteiger partial charge >= 0.3 is 0 Å². The lowest BCUT2D eigenvalue weighted by molar-refractivity contribution is 0.317. The molecule has 0 spiro atoms. The van der Waals surface area contributed by atoms with Gasteiger partial charge in [0, 0.05) is 22.9 Å². The molecule has 1 aliphatic rings. The molecule has 0 N–H and O–H groups in total. The Morgan fingerprint density at radius 3 is 2.67 bits per heavy atom. The maximum Gasteiger partial charge on any atom is 0.137 e. The number of fused-ring (bicyclic) bond motifs is 2. The second kappa shape index (κ2) is 6.36. The molecule has 27 heavy (non-hydrogen) atoms. The normalized spacial score (nSPS) is 12.4. The number of ether oxygens (including phenoxy) is 1. The van der Waals surface area contributed by atoms with Gasteiger partial charge in [-0.25, -0.2) is 14.5 Å². The predicted octanol–water partition coefficient (Wildman–Crippen LogP) is 4.67. The van der Waals surface area contributed by atoms with E-state index in [0.717, 1.165) is 58.1 Å². The first kappa shape index (κ1) is 15.8. The average molecular weight is 354 g/mol. The highest BCUT2D eigenvalue weighted by Gasteiger charge is 2.22. The highest BCUT2D eigenvalue weighted by atomic mass is 16.5. The number of rotatable bonds is 4. The molecule has 0 aliphatic carbocycles. The second-order valence-corrected chi connectivity index (χ2v) is 6.48. The van der Waals surface area contributed by atoms with Crippen LogP contribution in [-0.4, -0.2) is 26.9 Å². The third-order valence-corrected chi connectivity index (χ3v) is 4.70. The van der Waals surface area contributed by atoms with Gasteiger partial charge in [0.2, 0.25) is 0 Å². The Hall–Kier alpha value is -3.47. The Morgan fingerprint density at radius 1 is 0.963 bits per heavy atom. The van der Waals surface area contributed by atoms with Gasteiger partial charge in [0.25, 0.3) is 0 Å². The van der Waals surface area contributed by atoms with Crippen molar-refractivity contribution in [3.8, 4) is 17.0 Å². The fraction of sp³-hybridized carbons (Fsp3) is 0.136. The monoisotopic (exact) mass is 354 g/mol. The van der Waals surface area contributed by atoms with Crippen LogP contribution in [0.5, 0.6) is 5.75 Å². The van der Waals surface area contributed by atoms with Crippen LogP contribution in [0.25, 0.3) is 16.8 Å². The van der Waals surface area contributed by atoms with E-state index in [9.17, 15) is 0 Å². The molecule has 5 nitrogen and oxygen atoms in total. The quantitative estimate of drug-likeness (QED) is 0.471. The Kier molecular flexibility index (Phi) is 3.71. The molecule has 2 aromatic heterocycles. The van der Waals surface area contributed by atoms with Crippen molar-refractivity contribution in [2.45, 2.75) is 13.3 Å². The molecule has 4 aromatic rings. The van der Waals surface area contributed by atoms with Crippen molar-refractivity contribution in [1.82, 2.24) is 14.6 Å². The van der Waals surface area contributed by atoms with Crippen LogP contribution in [-0.2, 0) is 0 Å². The van der Waals surface area contributed by atoms with Crippen LogP contribution in [0, 0.1) is 0 Å². The minimum atomic E-state index is 0.721. The van der Waals surface area contributed by atoms with E-state index in [-0.39, 0.29) is 0 Å². The molecule has 0 fully saturated rings. The average Bonchev–Trinajstić information content (AvgIpc) is 3.09. The molecule has 0 radical (unpaired) electrons. The summed E-state index contributed by atoms with van der Waals surface area (Å²) in [5, 5.41) is 4.37. The highest BCUT2D eigenvalue weighted by Crippen LogP contribution is 2.37. The number of benzene rings is 2. The van der Waals surface area contributed by atoms with Crippen molar-refractivity contribution in [3.05, 3.63) is 78.2 Å². The molecular formula is C22H18N4O. The molecule has 0 amide bonds. The predicted molar refractivity (Wildman–Crippen MR) is 106 cm³/mol. The van der Waals surface area contributed by atoms with Gasteiger partial charge in [-0.2, -0.15) is 5.10 Å². The summed E-state index contributed by atoms with van der Waals surface area (Å²) in [5.74, 6) is 0.876. The molecule has 0 bridgehead atoms. The summed E-state index contributed by atoms with van der Waals surface area (Å²) >= 11 is 0. The zero-order valence-electron chi connectivity index (χ0n) is 15.0. The van der Waals surface area contributed by atoms with Gasteiger partial charge in [0.1, 0.15) is 23.3 Å². The van der Waals surface area contributed by atoms with Crippen LogP contribution in [0.1, 0.15) is 24.5 Å². The van der Waals surface area contributed by atoms with Crippen LogP contribution in [0.2, 0.25) is 0 Å². The van der Waals surface area contributed by atoms with E-state index in [2.05, 4.69) is 41.3 Å². The molecule has 0 saturated carbocycles. The van der Waals surface area contributed by atoms with Crippen molar-refractivity contribution in [2.75, 3.05) is 6.61 Å². The summed E-state index contributed by atoms with van der Waals surface area (Å²) in [7, 11) is 0. The van der Waals surface area contributed by atoms with Gasteiger partial charge in [-0.3, -0.25) is 0 Å². The molecule has 132 valence electrons. The molecule has 3 heterocycles. The topological polar surface area (TPSA) is 51.8 Å². The van der Waals surface area contributed by atoms with Gasteiger partial charge in [-0.15, -0.1) is 0 Å². The summed E-state index contributed by atoms with van der Waals surface area (Å²) in [5.41, 5.74) is 6.80. The van der Waals surface area contributed by atoms with Crippen LogP contribution in [0.4, 0.5) is 5.69 Å². The summed E-state index contributed by atoms with van der Waals surface area (Å²) in [4.78, 5) is 9.57. The number of aliphatic imine (C=N–C) groups is 1. The van der Waals surface area contributed by atoms with Crippen LogP contribution in [0.15, 0.2) is 72.1 Å². The molecule has 2 aromatic carbocycles. The standard InChI is InChI=1S/C22H18N4O/c1-2-13-27-16-9-7-15(8-10-16)20-18-11-12-26-22(18)21(23-14-24-26)17-5-3-4-6-19(17)25-20/h3-12,14H,2,13H2,1H3. The van der Waals surface area contributed by atoms with Crippen LogP contribution in [0.3, 0.4) is 0 Å². The van der Waals surface area contributed by atoms with E-state index in [1.165, 1.54) is 0 Å². The lowest BCUT2D eigenvalue weighted by Crippen LogP contribution is -2.03. The Bertz CT molecular complexity index is 1160. The third kappa shape index (κ3) is 2.59. The second-order valence-electron chi connectivity index (χ2n) is 6.48. The van der Waals surface area contributed by atoms with Crippen molar-refractivity contribution < 1.29 is 4.74 Å². The SMILES string of the molecule is CCCOc1ccc(C2=Nc3ccccc3-c3ncnn4ccc2c34)cc1. The lowest BCUT2D eigenvalue weighted by atomic mass is 10.0. The molecule has 0 saturated heterocycles. The Balaban J connectivity index is 1.71. The number of hydrogen-bond donors (Lipinski definition) is 0. The zero-order chi connectivity index (χ0) is 18.2. The molecule has 0 unspecified atom stereocenters. The lowest BCUT2D eigenvalue weighted by Gasteiger charge is -2.08. The number of para-hydroxylation sites is 1. The third-order valence-electron chi connectivity index (χ3n) is 4.70. The van der Waals surface area contributed by atoms with E-state index < -0.39 is 0 Å². The van der Waals surface area contributed by atoms with E-state index in [0.29, 0.717) is 0 Å². The molecule has 5 heteroatoms. The first-order valence-corrected chi connectivity index (χ1v) is 9.09. The molecule has 5 rings (SSSR count). The maximum atomic E-state index is 5.71. The highest BCUT2D eigenvalue weighted by molar-refractivity contribution is 6.20. The minimum Gasteiger partial charge on any atom is -0.494 e. The number of nitrogens with zero attached hydrogens (tertiary/aromatic N) is 4. The van der Waals surface area contributed by atoms with Crippen molar-refractivity contribution in [2.24, 2.45) is 4.99 Å². The van der Waals surface area contributed by atoms with Crippen molar-refractivity contribution >= 4 is 16.9 Å². The minimum absolute atomic E-state index is 0.721. The molecular weight excluding hydrogens is 336 g/mol. The van der Waals surface area contributed by atoms with Gasteiger partial charge < -0.3 is 4.74 Å². The van der Waals surface area contributed by atoms with E-state index >= 15 is 0 Å². The van der Waals surface area contributed by atoms with E-state index in [1.54, 1.807) is 6.33 Å². The smallest absolute Gasteiger partial charge is 0.137 e. The van der Waals surface area contributed by atoms with Gasteiger partial charge in [0.05, 0.1) is 18.0 Å². The summed E-state index contributed by atoms with van der Waals surface area (Å²) < 4.78 is 7.58. The summed E-state index contributed by atoms with van der Waals surface area (Å²) in [6, 6.07) is 18.3. The molecule has 0 atom stereocenters. The van der Waals surface area contributed by atoms with Gasteiger partial charge in [-0.05, 0) is 42.8 Å². The fourth-order valence-electron chi connectivity index (χ4n) is 3.44. The van der Waals surface area contributed by atoms with Crippen LogP contribution >= 0.6 is 0 Å². The molecule has 1 aliphatic heterocycles. The van der Waals surface area contributed by atoms with E-state index in [4.69, 9.17) is 9.73 Å². The number of hydrogen-bond acceptors (Lipinski definition) is 4. The number of aromatic nitrogens is 3.